The van der Waals surface area contributed by atoms with Crippen LogP contribution in [0.1, 0.15) is 58.1 Å². The Hall–Kier alpha value is -2.61. The number of hydrogen-bond acceptors (Lipinski definition) is 8. The van der Waals surface area contributed by atoms with Crippen LogP contribution in [0.3, 0.4) is 0 Å². The van der Waals surface area contributed by atoms with Crippen molar-refractivity contribution in [3.05, 3.63) is 35.8 Å². The number of ether oxygens (including phenoxy) is 4. The van der Waals surface area contributed by atoms with Crippen LogP contribution < -0.4 is 0 Å². The van der Waals surface area contributed by atoms with E-state index in [4.69, 9.17) is 23.4 Å². The minimum Gasteiger partial charge on any atom is -0.472 e. The number of fused-ring (bicyclic) bond motifs is 1. The SMILES string of the molecule is CC(=O)O[C@@H]1O[C@H](c2ccoc2)C[C@]12[C@H](C)[C@H](OC(C)=O)C[C@@]13COC(=O)C1=CCC[C@@H]32. The summed E-state index contributed by atoms with van der Waals surface area (Å²) in [5.74, 6) is -1.34. The van der Waals surface area contributed by atoms with Gasteiger partial charge in [0.25, 0.3) is 0 Å². The quantitative estimate of drug-likeness (QED) is 0.516. The summed E-state index contributed by atoms with van der Waals surface area (Å²) in [4.78, 5) is 36.8. The van der Waals surface area contributed by atoms with Gasteiger partial charge in [-0.15, -0.1) is 0 Å². The van der Waals surface area contributed by atoms with E-state index >= 15 is 0 Å². The molecule has 1 aromatic rings. The Morgan fingerprint density at radius 1 is 1.16 bits per heavy atom. The van der Waals surface area contributed by atoms with Crippen LogP contribution in [0.2, 0.25) is 0 Å². The average molecular weight is 444 g/mol. The van der Waals surface area contributed by atoms with Gasteiger partial charge in [0.1, 0.15) is 12.7 Å². The van der Waals surface area contributed by atoms with Gasteiger partial charge in [0.15, 0.2) is 0 Å². The normalized spacial score (nSPS) is 40.3. The van der Waals surface area contributed by atoms with Gasteiger partial charge in [0.05, 0.1) is 18.6 Å². The highest BCUT2D eigenvalue weighted by molar-refractivity contribution is 5.92. The smallest absolute Gasteiger partial charge is 0.334 e. The summed E-state index contributed by atoms with van der Waals surface area (Å²) in [5, 5.41) is 0. The van der Waals surface area contributed by atoms with Gasteiger partial charge in [-0.1, -0.05) is 13.0 Å². The van der Waals surface area contributed by atoms with Gasteiger partial charge in [-0.05, 0) is 37.7 Å². The number of cyclic esters (lactones) is 1. The van der Waals surface area contributed by atoms with Crippen molar-refractivity contribution in [1.29, 1.82) is 0 Å². The first-order valence-corrected chi connectivity index (χ1v) is 11.2. The number of esters is 3. The largest absolute Gasteiger partial charge is 0.472 e. The van der Waals surface area contributed by atoms with Crippen molar-refractivity contribution in [2.45, 2.75) is 65.0 Å². The van der Waals surface area contributed by atoms with Crippen LogP contribution >= 0.6 is 0 Å². The fraction of sp³-hybridized carbons (Fsp3) is 0.625. The molecule has 0 N–H and O–H groups in total. The first kappa shape index (κ1) is 21.2. The summed E-state index contributed by atoms with van der Waals surface area (Å²) in [7, 11) is 0. The van der Waals surface area contributed by atoms with E-state index in [2.05, 4.69) is 0 Å². The molecule has 2 saturated heterocycles. The lowest BCUT2D eigenvalue weighted by Gasteiger charge is -2.58. The lowest BCUT2D eigenvalue weighted by atomic mass is 9.45. The van der Waals surface area contributed by atoms with Crippen molar-refractivity contribution < 1.29 is 37.7 Å². The van der Waals surface area contributed by atoms with Crippen LogP contribution in [0.15, 0.2) is 34.7 Å². The molecule has 1 saturated carbocycles. The molecule has 2 aliphatic heterocycles. The molecule has 0 amide bonds. The number of allylic oxidation sites excluding steroid dienone is 1. The van der Waals surface area contributed by atoms with E-state index in [9.17, 15) is 14.4 Å². The molecule has 1 aromatic heterocycles. The summed E-state index contributed by atoms with van der Waals surface area (Å²) >= 11 is 0. The number of carbonyl (C=O) groups is 3. The predicted molar refractivity (Wildman–Crippen MR) is 109 cm³/mol. The van der Waals surface area contributed by atoms with E-state index in [0.29, 0.717) is 18.4 Å². The molecule has 0 unspecified atom stereocenters. The number of carbonyl (C=O) groups excluding carboxylic acids is 3. The summed E-state index contributed by atoms with van der Waals surface area (Å²) in [5.41, 5.74) is 0.250. The molecule has 2 spiro atoms. The van der Waals surface area contributed by atoms with Crippen molar-refractivity contribution >= 4 is 17.9 Å². The maximum absolute atomic E-state index is 12.7. The molecule has 4 aliphatic rings. The Morgan fingerprint density at radius 2 is 1.94 bits per heavy atom. The molecular formula is C24H28O8. The third-order valence-electron chi connectivity index (χ3n) is 8.08. The zero-order valence-corrected chi connectivity index (χ0v) is 18.5. The molecule has 7 atom stereocenters. The van der Waals surface area contributed by atoms with Gasteiger partial charge in [-0.25, -0.2) is 4.79 Å². The average Bonchev–Trinajstić information content (AvgIpc) is 3.45. The Labute approximate surface area is 186 Å². The minimum atomic E-state index is -0.842. The van der Waals surface area contributed by atoms with Crippen molar-refractivity contribution in [2.75, 3.05) is 6.61 Å². The molecule has 172 valence electrons. The first-order chi connectivity index (χ1) is 15.3. The minimum absolute atomic E-state index is 0.0375. The lowest BCUT2D eigenvalue weighted by Crippen LogP contribution is -2.61. The van der Waals surface area contributed by atoms with Crippen LogP contribution in [-0.2, 0) is 33.3 Å². The third kappa shape index (κ3) is 2.95. The summed E-state index contributed by atoms with van der Waals surface area (Å²) < 4.78 is 28.8. The molecular weight excluding hydrogens is 416 g/mol. The molecule has 8 nitrogen and oxygen atoms in total. The lowest BCUT2D eigenvalue weighted by molar-refractivity contribution is -0.239. The van der Waals surface area contributed by atoms with Gasteiger partial charge in [-0.3, -0.25) is 9.59 Å². The van der Waals surface area contributed by atoms with Crippen molar-refractivity contribution in [3.8, 4) is 0 Å². The highest BCUT2D eigenvalue weighted by Crippen LogP contribution is 2.69. The van der Waals surface area contributed by atoms with E-state index in [1.54, 1.807) is 12.5 Å². The van der Waals surface area contributed by atoms with Crippen molar-refractivity contribution in [2.24, 2.45) is 22.7 Å². The molecule has 0 radical (unpaired) electrons. The maximum Gasteiger partial charge on any atom is 0.334 e. The Balaban J connectivity index is 1.66. The monoisotopic (exact) mass is 444 g/mol. The standard InChI is InChI=1S/C24H28O8/c1-13-18(30-14(2)25)9-23-12-29-21(27)17(23)5-4-6-20(23)24(13)10-19(16-7-8-28-11-16)32-22(24)31-15(3)26/h5,7-8,11,13,18-20,22H,4,6,9-10,12H2,1-3H3/t13-,18-,19+,20+,22-,23-,24-/m1/s1. The number of hydrogen-bond donors (Lipinski definition) is 0. The zero-order valence-electron chi connectivity index (χ0n) is 18.5. The number of furan rings is 1. The Morgan fingerprint density at radius 3 is 2.62 bits per heavy atom. The van der Waals surface area contributed by atoms with Crippen molar-refractivity contribution in [3.63, 3.8) is 0 Å². The molecule has 0 bridgehead atoms. The van der Waals surface area contributed by atoms with E-state index in [1.165, 1.54) is 13.8 Å². The summed E-state index contributed by atoms with van der Waals surface area (Å²) in [6.07, 6.45) is 6.11. The second kappa shape index (κ2) is 7.47. The van der Waals surface area contributed by atoms with Gasteiger partial charge in [0.2, 0.25) is 6.29 Å². The molecule has 8 heteroatoms. The van der Waals surface area contributed by atoms with E-state index in [1.807, 2.05) is 19.1 Å². The van der Waals surface area contributed by atoms with Gasteiger partial charge < -0.3 is 23.4 Å². The van der Waals surface area contributed by atoms with E-state index in [0.717, 1.165) is 18.4 Å². The molecule has 0 aromatic carbocycles. The fourth-order valence-electron chi connectivity index (χ4n) is 6.84. The van der Waals surface area contributed by atoms with Crippen LogP contribution in [0.5, 0.6) is 0 Å². The predicted octanol–water partition coefficient (Wildman–Crippen LogP) is 3.47. The highest BCUT2D eigenvalue weighted by atomic mass is 16.7. The van der Waals surface area contributed by atoms with Crippen LogP contribution in [-0.4, -0.2) is 36.9 Å². The topological polar surface area (TPSA) is 101 Å². The fourth-order valence-corrected chi connectivity index (χ4v) is 6.84. The first-order valence-electron chi connectivity index (χ1n) is 11.2. The van der Waals surface area contributed by atoms with Gasteiger partial charge in [0, 0.05) is 41.7 Å². The van der Waals surface area contributed by atoms with Crippen LogP contribution in [0.4, 0.5) is 0 Å². The van der Waals surface area contributed by atoms with E-state index in [-0.39, 0.29) is 36.5 Å². The van der Waals surface area contributed by atoms with Gasteiger partial charge in [-0.2, -0.15) is 0 Å². The maximum atomic E-state index is 12.7. The van der Waals surface area contributed by atoms with Crippen molar-refractivity contribution in [1.82, 2.24) is 0 Å². The molecule has 2 aliphatic carbocycles. The molecule has 5 rings (SSSR count). The second-order valence-electron chi connectivity index (χ2n) is 9.56. The second-order valence-corrected chi connectivity index (χ2v) is 9.56. The summed E-state index contributed by atoms with van der Waals surface area (Å²) in [6.45, 7) is 5.02. The van der Waals surface area contributed by atoms with Gasteiger partial charge >= 0.3 is 17.9 Å². The molecule has 3 heterocycles. The Kier molecular flexibility index (Phi) is 4.96. The summed E-state index contributed by atoms with van der Waals surface area (Å²) in [6, 6.07) is 1.84. The third-order valence-corrected chi connectivity index (χ3v) is 8.08. The van der Waals surface area contributed by atoms with Crippen LogP contribution in [0.25, 0.3) is 0 Å². The highest BCUT2D eigenvalue weighted by Gasteiger charge is 2.71. The van der Waals surface area contributed by atoms with E-state index < -0.39 is 29.2 Å². The molecule has 32 heavy (non-hydrogen) atoms. The zero-order chi connectivity index (χ0) is 22.7. The Bertz CT molecular complexity index is 965. The number of rotatable bonds is 3. The molecule has 3 fully saturated rings. The van der Waals surface area contributed by atoms with Crippen LogP contribution in [0, 0.1) is 22.7 Å².